The summed E-state index contributed by atoms with van der Waals surface area (Å²) >= 11 is 0. The van der Waals surface area contributed by atoms with Crippen molar-refractivity contribution in [3.63, 3.8) is 0 Å². The van der Waals surface area contributed by atoms with E-state index in [4.69, 9.17) is 4.99 Å². The van der Waals surface area contributed by atoms with Crippen LogP contribution in [0.15, 0.2) is 66.2 Å². The number of nitrogens with zero attached hydrogens (tertiary/aromatic N) is 4. The van der Waals surface area contributed by atoms with Gasteiger partial charge in [0, 0.05) is 13.1 Å². The van der Waals surface area contributed by atoms with E-state index in [1.54, 1.807) is 12.7 Å². The van der Waals surface area contributed by atoms with Gasteiger partial charge in [-0.1, -0.05) is 55.5 Å². The Hall–Kier alpha value is -3.15. The molecule has 0 aliphatic heterocycles. The number of nitrogens with one attached hydrogen (secondary N) is 2. The molecule has 146 valence electrons. The van der Waals surface area contributed by atoms with E-state index in [9.17, 15) is 0 Å². The lowest BCUT2D eigenvalue weighted by Gasteiger charge is -2.12. The molecule has 6 heteroatoms. The minimum atomic E-state index is 0.635. The largest absolute Gasteiger partial charge is 0.357 e. The number of hydrogen-bond donors (Lipinski definition) is 2. The molecule has 0 saturated carbocycles. The number of aliphatic imine (C=N–C) groups is 1. The van der Waals surface area contributed by atoms with Crippen LogP contribution in [0, 0.1) is 0 Å². The van der Waals surface area contributed by atoms with E-state index in [0.29, 0.717) is 6.54 Å². The molecule has 0 aliphatic carbocycles. The molecule has 0 unspecified atom stereocenters. The number of aromatic nitrogens is 3. The highest BCUT2D eigenvalue weighted by Gasteiger charge is 2.06. The van der Waals surface area contributed by atoms with Crippen LogP contribution in [-0.2, 0) is 13.1 Å². The molecule has 2 N–H and O–H groups in total. The molecular formula is C22H28N6. The number of guanidine groups is 1. The number of benzene rings is 2. The molecule has 0 fully saturated rings. The summed E-state index contributed by atoms with van der Waals surface area (Å²) < 4.78 is 1.82. The van der Waals surface area contributed by atoms with Gasteiger partial charge in [0.05, 0.1) is 13.1 Å². The van der Waals surface area contributed by atoms with Crippen molar-refractivity contribution in [2.75, 3.05) is 13.1 Å². The van der Waals surface area contributed by atoms with Gasteiger partial charge in [-0.15, -0.1) is 0 Å². The summed E-state index contributed by atoms with van der Waals surface area (Å²) in [5, 5.41) is 10.8. The van der Waals surface area contributed by atoms with Crippen molar-refractivity contribution in [2.24, 2.45) is 4.99 Å². The Balaban J connectivity index is 1.75. The lowest BCUT2D eigenvalue weighted by molar-refractivity contribution is 0.685. The predicted octanol–water partition coefficient (Wildman–Crippen LogP) is 3.46. The summed E-state index contributed by atoms with van der Waals surface area (Å²) in [5.74, 6) is 0.863. The van der Waals surface area contributed by atoms with Gasteiger partial charge in [-0.2, -0.15) is 5.10 Å². The molecule has 28 heavy (non-hydrogen) atoms. The SMILES string of the molecule is CCCNC(=NCc1ccccc1-c1ccc(Cn2cncn2)cc1)NCC. The molecule has 0 amide bonds. The fourth-order valence-electron chi connectivity index (χ4n) is 2.98. The topological polar surface area (TPSA) is 67.1 Å². The molecule has 3 aromatic rings. The van der Waals surface area contributed by atoms with Crippen molar-refractivity contribution in [1.29, 1.82) is 0 Å². The van der Waals surface area contributed by atoms with Crippen LogP contribution in [0.1, 0.15) is 31.4 Å². The Bertz CT molecular complexity index is 868. The third-order valence-electron chi connectivity index (χ3n) is 4.39. The first kappa shape index (κ1) is 19.6. The van der Waals surface area contributed by atoms with Crippen molar-refractivity contribution >= 4 is 5.96 Å². The predicted molar refractivity (Wildman–Crippen MR) is 114 cm³/mol. The van der Waals surface area contributed by atoms with Gasteiger partial charge in [0.25, 0.3) is 0 Å². The number of hydrogen-bond acceptors (Lipinski definition) is 3. The molecular weight excluding hydrogens is 348 g/mol. The normalized spacial score (nSPS) is 11.4. The van der Waals surface area contributed by atoms with Gasteiger partial charge in [-0.05, 0) is 35.6 Å². The molecule has 0 bridgehead atoms. The second-order valence-electron chi connectivity index (χ2n) is 6.57. The maximum Gasteiger partial charge on any atom is 0.191 e. The van der Waals surface area contributed by atoms with Crippen LogP contribution in [0.5, 0.6) is 0 Å². The van der Waals surface area contributed by atoms with Gasteiger partial charge >= 0.3 is 0 Å². The second kappa shape index (κ2) is 10.3. The van der Waals surface area contributed by atoms with Crippen LogP contribution in [-0.4, -0.2) is 33.8 Å². The van der Waals surface area contributed by atoms with Crippen molar-refractivity contribution in [3.8, 4) is 11.1 Å². The standard InChI is InChI=1S/C22H28N6/c1-3-13-25-22(24-4-2)26-14-20-7-5-6-8-21(20)19-11-9-18(10-12-19)15-28-17-23-16-27-28/h5-12,16-17H,3-4,13-15H2,1-2H3,(H2,24,25,26). The smallest absolute Gasteiger partial charge is 0.191 e. The Morgan fingerprint density at radius 1 is 1.04 bits per heavy atom. The lowest BCUT2D eigenvalue weighted by atomic mass is 9.98. The fraction of sp³-hybridized carbons (Fsp3) is 0.318. The quantitative estimate of drug-likeness (QED) is 0.467. The molecule has 0 atom stereocenters. The van der Waals surface area contributed by atoms with Gasteiger partial charge in [0.2, 0.25) is 0 Å². The van der Waals surface area contributed by atoms with E-state index in [0.717, 1.165) is 32.0 Å². The van der Waals surface area contributed by atoms with Crippen LogP contribution in [0.3, 0.4) is 0 Å². The zero-order valence-electron chi connectivity index (χ0n) is 16.6. The van der Waals surface area contributed by atoms with Crippen LogP contribution in [0.4, 0.5) is 0 Å². The molecule has 0 saturated heterocycles. The van der Waals surface area contributed by atoms with Gasteiger partial charge in [0.1, 0.15) is 12.7 Å². The summed E-state index contributed by atoms with van der Waals surface area (Å²) in [7, 11) is 0. The first-order chi connectivity index (χ1) is 13.8. The Morgan fingerprint density at radius 3 is 2.57 bits per heavy atom. The third-order valence-corrected chi connectivity index (χ3v) is 4.39. The van der Waals surface area contributed by atoms with Gasteiger partial charge in [-0.3, -0.25) is 0 Å². The van der Waals surface area contributed by atoms with Crippen LogP contribution in [0.2, 0.25) is 0 Å². The summed E-state index contributed by atoms with van der Waals surface area (Å²) in [5.41, 5.74) is 4.81. The summed E-state index contributed by atoms with van der Waals surface area (Å²) in [4.78, 5) is 8.74. The van der Waals surface area contributed by atoms with Gasteiger partial charge < -0.3 is 10.6 Å². The highest BCUT2D eigenvalue weighted by atomic mass is 15.3. The zero-order chi connectivity index (χ0) is 19.6. The molecule has 2 aromatic carbocycles. The van der Waals surface area contributed by atoms with E-state index in [2.05, 4.69) is 83.1 Å². The summed E-state index contributed by atoms with van der Waals surface area (Å²) in [6, 6.07) is 17.1. The molecule has 6 nitrogen and oxygen atoms in total. The monoisotopic (exact) mass is 376 g/mol. The first-order valence-electron chi connectivity index (χ1n) is 9.82. The van der Waals surface area contributed by atoms with E-state index < -0.39 is 0 Å². The van der Waals surface area contributed by atoms with Gasteiger partial charge in [-0.25, -0.2) is 14.7 Å². The Morgan fingerprint density at radius 2 is 1.86 bits per heavy atom. The van der Waals surface area contributed by atoms with E-state index in [1.807, 2.05) is 4.68 Å². The summed E-state index contributed by atoms with van der Waals surface area (Å²) in [6.45, 7) is 7.36. The maximum absolute atomic E-state index is 4.75. The average Bonchev–Trinajstić information content (AvgIpc) is 3.24. The molecule has 3 rings (SSSR count). The van der Waals surface area contributed by atoms with E-state index in [1.165, 1.54) is 22.3 Å². The highest BCUT2D eigenvalue weighted by Crippen LogP contribution is 2.25. The zero-order valence-corrected chi connectivity index (χ0v) is 16.6. The van der Waals surface area contributed by atoms with Gasteiger partial charge in [0.15, 0.2) is 5.96 Å². The second-order valence-corrected chi connectivity index (χ2v) is 6.57. The van der Waals surface area contributed by atoms with Crippen molar-refractivity contribution in [1.82, 2.24) is 25.4 Å². The molecule has 0 aliphatic rings. The molecule has 1 aromatic heterocycles. The van der Waals surface area contributed by atoms with Crippen LogP contribution < -0.4 is 10.6 Å². The first-order valence-corrected chi connectivity index (χ1v) is 9.82. The lowest BCUT2D eigenvalue weighted by Crippen LogP contribution is -2.37. The molecule has 0 radical (unpaired) electrons. The Labute approximate surface area is 166 Å². The van der Waals surface area contributed by atoms with E-state index in [-0.39, 0.29) is 0 Å². The molecule has 0 spiro atoms. The van der Waals surface area contributed by atoms with Crippen molar-refractivity contribution in [2.45, 2.75) is 33.4 Å². The van der Waals surface area contributed by atoms with Crippen LogP contribution >= 0.6 is 0 Å². The van der Waals surface area contributed by atoms with Crippen LogP contribution in [0.25, 0.3) is 11.1 Å². The third kappa shape index (κ3) is 5.42. The number of rotatable bonds is 8. The van der Waals surface area contributed by atoms with Crippen molar-refractivity contribution < 1.29 is 0 Å². The summed E-state index contributed by atoms with van der Waals surface area (Å²) in [6.07, 6.45) is 4.36. The highest BCUT2D eigenvalue weighted by molar-refractivity contribution is 5.80. The fourth-order valence-corrected chi connectivity index (χ4v) is 2.98. The van der Waals surface area contributed by atoms with Crippen molar-refractivity contribution in [3.05, 3.63) is 72.3 Å². The molecule has 1 heterocycles. The van der Waals surface area contributed by atoms with E-state index >= 15 is 0 Å². The average molecular weight is 377 g/mol. The minimum Gasteiger partial charge on any atom is -0.357 e. The minimum absolute atomic E-state index is 0.635. The Kier molecular flexibility index (Phi) is 7.18. The maximum atomic E-state index is 4.75.